The van der Waals surface area contributed by atoms with Gasteiger partial charge in [-0.2, -0.15) is 0 Å². The Morgan fingerprint density at radius 1 is 1.06 bits per heavy atom. The van der Waals surface area contributed by atoms with E-state index in [1.54, 1.807) is 0 Å². The van der Waals surface area contributed by atoms with Crippen LogP contribution in [0, 0.1) is 0 Å². The normalized spacial score (nSPS) is 10.7. The fraction of sp³-hybridized carbons (Fsp3) is 0.571. The van der Waals surface area contributed by atoms with Crippen LogP contribution >= 0.6 is 15.9 Å². The number of halogens is 1. The van der Waals surface area contributed by atoms with E-state index in [2.05, 4.69) is 45.5 Å². The third kappa shape index (κ3) is 7.53. The molecule has 1 aromatic rings. The summed E-state index contributed by atoms with van der Waals surface area (Å²) in [7, 11) is 2.00. The summed E-state index contributed by atoms with van der Waals surface area (Å²) < 4.78 is 6.75. The molecule has 0 atom stereocenters. The van der Waals surface area contributed by atoms with E-state index in [1.165, 1.54) is 31.2 Å². The van der Waals surface area contributed by atoms with Gasteiger partial charge < -0.3 is 10.1 Å². The van der Waals surface area contributed by atoms with Crippen LogP contribution < -0.4 is 5.32 Å². The van der Waals surface area contributed by atoms with Crippen LogP contribution in [-0.4, -0.2) is 20.2 Å². The quantitative estimate of drug-likeness (QED) is 0.701. The second-order valence-electron chi connectivity index (χ2n) is 4.20. The van der Waals surface area contributed by atoms with Crippen LogP contribution in [0.1, 0.15) is 31.2 Å². The van der Waals surface area contributed by atoms with Crippen molar-refractivity contribution in [3.63, 3.8) is 0 Å². The molecule has 0 unspecified atom stereocenters. The van der Waals surface area contributed by atoms with E-state index in [0.717, 1.165) is 24.2 Å². The third-order valence-corrected chi connectivity index (χ3v) is 3.18. The lowest BCUT2D eigenvalue weighted by atomic mass is 10.2. The van der Waals surface area contributed by atoms with Crippen molar-refractivity contribution in [3.05, 3.63) is 34.3 Å². The molecule has 1 N–H and O–H groups in total. The molecule has 0 aromatic heterocycles. The lowest BCUT2D eigenvalue weighted by molar-refractivity contribution is 0.116. The van der Waals surface area contributed by atoms with Crippen LogP contribution in [0.3, 0.4) is 0 Å². The van der Waals surface area contributed by atoms with Gasteiger partial charge in [0.2, 0.25) is 0 Å². The summed E-state index contributed by atoms with van der Waals surface area (Å²) in [5.74, 6) is 0. The first-order chi connectivity index (χ1) is 8.33. The average molecular weight is 300 g/mol. The lowest BCUT2D eigenvalue weighted by Gasteiger charge is -2.04. The predicted octanol–water partition coefficient (Wildman–Crippen LogP) is 3.75. The largest absolute Gasteiger partial charge is 0.377 e. The van der Waals surface area contributed by atoms with Gasteiger partial charge >= 0.3 is 0 Å². The Morgan fingerprint density at radius 2 is 1.76 bits per heavy atom. The predicted molar refractivity (Wildman–Crippen MR) is 76.2 cm³/mol. The van der Waals surface area contributed by atoms with E-state index in [4.69, 9.17) is 4.74 Å². The minimum absolute atomic E-state index is 0.726. The number of rotatable bonds is 9. The van der Waals surface area contributed by atoms with Crippen LogP contribution in [0.2, 0.25) is 0 Å². The van der Waals surface area contributed by atoms with Gasteiger partial charge in [0.05, 0.1) is 6.61 Å². The zero-order valence-electron chi connectivity index (χ0n) is 10.5. The first kappa shape index (κ1) is 14.7. The highest BCUT2D eigenvalue weighted by Gasteiger charge is 1.94. The summed E-state index contributed by atoms with van der Waals surface area (Å²) >= 11 is 3.42. The van der Waals surface area contributed by atoms with Crippen LogP contribution in [0.4, 0.5) is 0 Å². The summed E-state index contributed by atoms with van der Waals surface area (Å²) in [6.07, 6.45) is 4.99. The van der Waals surface area contributed by atoms with Gasteiger partial charge in [-0.25, -0.2) is 0 Å². The van der Waals surface area contributed by atoms with E-state index in [1.807, 2.05) is 7.05 Å². The SMILES string of the molecule is CNCCCCCCOCc1ccc(Br)cc1. The highest BCUT2D eigenvalue weighted by atomic mass is 79.9. The second kappa shape index (κ2) is 9.63. The Labute approximate surface area is 113 Å². The number of nitrogens with one attached hydrogen (secondary N) is 1. The lowest BCUT2D eigenvalue weighted by Crippen LogP contribution is -2.07. The summed E-state index contributed by atoms with van der Waals surface area (Å²) in [4.78, 5) is 0. The van der Waals surface area contributed by atoms with Gasteiger partial charge in [0, 0.05) is 11.1 Å². The number of benzene rings is 1. The fourth-order valence-corrected chi connectivity index (χ4v) is 1.89. The van der Waals surface area contributed by atoms with E-state index in [-0.39, 0.29) is 0 Å². The minimum atomic E-state index is 0.726. The van der Waals surface area contributed by atoms with Crippen molar-refractivity contribution >= 4 is 15.9 Å². The van der Waals surface area contributed by atoms with Gasteiger partial charge in [0.25, 0.3) is 0 Å². The van der Waals surface area contributed by atoms with Gasteiger partial charge in [-0.05, 0) is 44.1 Å². The van der Waals surface area contributed by atoms with Gasteiger partial charge in [-0.3, -0.25) is 0 Å². The molecule has 1 aromatic carbocycles. The molecule has 3 heteroatoms. The minimum Gasteiger partial charge on any atom is -0.377 e. The van der Waals surface area contributed by atoms with Crippen molar-refractivity contribution in [1.82, 2.24) is 5.32 Å². The Balaban J connectivity index is 1.95. The van der Waals surface area contributed by atoms with E-state index in [0.29, 0.717) is 0 Å². The topological polar surface area (TPSA) is 21.3 Å². The zero-order chi connectivity index (χ0) is 12.3. The molecule has 0 spiro atoms. The van der Waals surface area contributed by atoms with Gasteiger partial charge in [0.15, 0.2) is 0 Å². The molecule has 17 heavy (non-hydrogen) atoms. The number of hydrogen-bond acceptors (Lipinski definition) is 2. The number of hydrogen-bond donors (Lipinski definition) is 1. The van der Waals surface area contributed by atoms with Crippen molar-refractivity contribution in [2.45, 2.75) is 32.3 Å². The molecule has 0 radical (unpaired) electrons. The van der Waals surface area contributed by atoms with Crippen molar-refractivity contribution in [1.29, 1.82) is 0 Å². The van der Waals surface area contributed by atoms with Crippen LogP contribution in [0.15, 0.2) is 28.7 Å². The molecule has 0 amide bonds. The first-order valence-electron chi connectivity index (χ1n) is 6.29. The maximum atomic E-state index is 5.64. The molecule has 1 rings (SSSR count). The average Bonchev–Trinajstić information content (AvgIpc) is 2.35. The summed E-state index contributed by atoms with van der Waals surface area (Å²) in [5.41, 5.74) is 1.24. The fourth-order valence-electron chi connectivity index (χ4n) is 1.63. The Morgan fingerprint density at radius 3 is 2.47 bits per heavy atom. The molecule has 0 bridgehead atoms. The molecule has 96 valence electrons. The molecular formula is C14H22BrNO. The Hall–Kier alpha value is -0.380. The van der Waals surface area contributed by atoms with E-state index >= 15 is 0 Å². The smallest absolute Gasteiger partial charge is 0.0716 e. The third-order valence-electron chi connectivity index (χ3n) is 2.65. The second-order valence-corrected chi connectivity index (χ2v) is 5.11. The van der Waals surface area contributed by atoms with Gasteiger partial charge in [-0.1, -0.05) is 40.9 Å². The standard InChI is InChI=1S/C14H22BrNO/c1-16-10-4-2-3-5-11-17-12-13-6-8-14(15)9-7-13/h6-9,16H,2-5,10-12H2,1H3. The number of ether oxygens (including phenoxy) is 1. The molecule has 0 saturated carbocycles. The summed E-state index contributed by atoms with van der Waals surface area (Å²) in [6, 6.07) is 8.29. The molecule has 0 heterocycles. The summed E-state index contributed by atoms with van der Waals surface area (Å²) in [6.45, 7) is 2.72. The molecule has 0 aliphatic heterocycles. The van der Waals surface area contributed by atoms with Crippen LogP contribution in [0.25, 0.3) is 0 Å². The molecular weight excluding hydrogens is 278 g/mol. The monoisotopic (exact) mass is 299 g/mol. The van der Waals surface area contributed by atoms with Crippen molar-refractivity contribution in [3.8, 4) is 0 Å². The van der Waals surface area contributed by atoms with Gasteiger partial charge in [-0.15, -0.1) is 0 Å². The van der Waals surface area contributed by atoms with E-state index < -0.39 is 0 Å². The molecule has 0 fully saturated rings. The van der Waals surface area contributed by atoms with Gasteiger partial charge in [0.1, 0.15) is 0 Å². The zero-order valence-corrected chi connectivity index (χ0v) is 12.1. The van der Waals surface area contributed by atoms with Crippen molar-refractivity contribution in [2.75, 3.05) is 20.2 Å². The molecule has 2 nitrogen and oxygen atoms in total. The highest BCUT2D eigenvalue weighted by Crippen LogP contribution is 2.11. The Kier molecular flexibility index (Phi) is 8.32. The van der Waals surface area contributed by atoms with Crippen molar-refractivity contribution < 1.29 is 4.74 Å². The maximum Gasteiger partial charge on any atom is 0.0716 e. The molecule has 0 aliphatic rings. The van der Waals surface area contributed by atoms with E-state index in [9.17, 15) is 0 Å². The Bertz CT molecular complexity index is 287. The first-order valence-corrected chi connectivity index (χ1v) is 7.09. The molecule has 0 saturated heterocycles. The highest BCUT2D eigenvalue weighted by molar-refractivity contribution is 9.10. The van der Waals surface area contributed by atoms with Crippen LogP contribution in [0.5, 0.6) is 0 Å². The van der Waals surface area contributed by atoms with Crippen LogP contribution in [-0.2, 0) is 11.3 Å². The maximum absolute atomic E-state index is 5.64. The number of unbranched alkanes of at least 4 members (excludes halogenated alkanes) is 3. The molecule has 0 aliphatic carbocycles. The van der Waals surface area contributed by atoms with Crippen molar-refractivity contribution in [2.24, 2.45) is 0 Å². The summed E-state index contributed by atoms with van der Waals surface area (Å²) in [5, 5.41) is 3.16.